The highest BCUT2D eigenvalue weighted by atomic mass is 32.2. The predicted molar refractivity (Wildman–Crippen MR) is 123 cm³/mol. The number of piperazine rings is 1. The zero-order valence-corrected chi connectivity index (χ0v) is 19.4. The van der Waals surface area contributed by atoms with E-state index in [4.69, 9.17) is 9.47 Å². The zero-order valence-electron chi connectivity index (χ0n) is 18.5. The highest BCUT2D eigenvalue weighted by Crippen LogP contribution is 2.30. The molecule has 5 rings (SSSR count). The third-order valence-corrected chi connectivity index (χ3v) is 8.40. The van der Waals surface area contributed by atoms with Crippen molar-refractivity contribution in [2.24, 2.45) is 0 Å². The molecule has 0 aromatic heterocycles. The van der Waals surface area contributed by atoms with Crippen LogP contribution in [0.1, 0.15) is 17.5 Å². The lowest BCUT2D eigenvalue weighted by atomic mass is 10.1. The molecule has 0 radical (unpaired) electrons. The number of para-hydroxylation sites is 2. The molecule has 0 spiro atoms. The van der Waals surface area contributed by atoms with Crippen LogP contribution in [0.3, 0.4) is 0 Å². The van der Waals surface area contributed by atoms with Crippen molar-refractivity contribution in [3.8, 4) is 11.5 Å². The van der Waals surface area contributed by atoms with Crippen LogP contribution in [0.25, 0.3) is 0 Å². The Morgan fingerprint density at radius 3 is 2.58 bits per heavy atom. The van der Waals surface area contributed by atoms with Crippen molar-refractivity contribution in [3.63, 3.8) is 0 Å². The van der Waals surface area contributed by atoms with E-state index >= 15 is 0 Å². The number of ether oxygens (including phenoxy) is 2. The van der Waals surface area contributed by atoms with Gasteiger partial charge in [0.25, 0.3) is 0 Å². The van der Waals surface area contributed by atoms with Gasteiger partial charge in [0, 0.05) is 26.2 Å². The second kappa shape index (κ2) is 9.32. The smallest absolute Gasteiger partial charge is 0.243 e. The summed E-state index contributed by atoms with van der Waals surface area (Å²) in [6, 6.07) is 13.0. The number of fused-ring (bicyclic) bond motifs is 2. The van der Waals surface area contributed by atoms with Crippen LogP contribution in [-0.4, -0.2) is 75.5 Å². The third-order valence-electron chi connectivity index (χ3n) is 6.50. The second-order valence-corrected chi connectivity index (χ2v) is 10.7. The molecule has 9 heteroatoms. The van der Waals surface area contributed by atoms with Crippen LogP contribution in [0, 0.1) is 0 Å². The molecule has 0 bridgehead atoms. The van der Waals surface area contributed by atoms with Crippen LogP contribution < -0.4 is 14.8 Å². The Labute approximate surface area is 194 Å². The van der Waals surface area contributed by atoms with E-state index in [1.54, 1.807) is 6.07 Å². The molecule has 2 heterocycles. The minimum Gasteiger partial charge on any atom is -0.486 e. The lowest BCUT2D eigenvalue weighted by Crippen LogP contribution is -2.51. The van der Waals surface area contributed by atoms with Crippen LogP contribution in [0.5, 0.6) is 11.5 Å². The summed E-state index contributed by atoms with van der Waals surface area (Å²) in [6.07, 6.45) is 2.83. The van der Waals surface area contributed by atoms with Crippen molar-refractivity contribution in [2.45, 2.75) is 30.3 Å². The molecule has 1 unspecified atom stereocenters. The Bertz CT molecular complexity index is 1130. The number of sulfonamides is 1. The van der Waals surface area contributed by atoms with Gasteiger partial charge in [-0.1, -0.05) is 18.2 Å². The van der Waals surface area contributed by atoms with Crippen molar-refractivity contribution in [1.29, 1.82) is 0 Å². The van der Waals surface area contributed by atoms with Crippen LogP contribution >= 0.6 is 0 Å². The summed E-state index contributed by atoms with van der Waals surface area (Å²) in [6.45, 7) is 2.78. The molecule has 2 aliphatic heterocycles. The largest absolute Gasteiger partial charge is 0.486 e. The van der Waals surface area contributed by atoms with Gasteiger partial charge in [-0.05, 0) is 54.7 Å². The Kier molecular flexibility index (Phi) is 6.27. The van der Waals surface area contributed by atoms with E-state index in [1.165, 1.54) is 9.87 Å². The fourth-order valence-electron chi connectivity index (χ4n) is 4.64. The van der Waals surface area contributed by atoms with E-state index < -0.39 is 10.0 Å². The van der Waals surface area contributed by atoms with Crippen molar-refractivity contribution < 1.29 is 22.7 Å². The van der Waals surface area contributed by atoms with Crippen molar-refractivity contribution in [2.75, 3.05) is 45.9 Å². The number of hydrogen-bond donors (Lipinski definition) is 1. The van der Waals surface area contributed by atoms with E-state index in [9.17, 15) is 13.2 Å². The fourth-order valence-corrected chi connectivity index (χ4v) is 6.11. The van der Waals surface area contributed by atoms with Gasteiger partial charge in [0.05, 0.1) is 18.0 Å². The normalized spacial score (nSPS) is 20.9. The summed E-state index contributed by atoms with van der Waals surface area (Å²) in [4.78, 5) is 14.8. The van der Waals surface area contributed by atoms with Crippen LogP contribution in [0.2, 0.25) is 0 Å². The van der Waals surface area contributed by atoms with Gasteiger partial charge in [-0.25, -0.2) is 8.42 Å². The molecule has 1 N–H and O–H groups in total. The summed E-state index contributed by atoms with van der Waals surface area (Å²) in [7, 11) is -3.51. The van der Waals surface area contributed by atoms with Crippen molar-refractivity contribution in [3.05, 3.63) is 53.6 Å². The predicted octanol–water partition coefficient (Wildman–Crippen LogP) is 1.44. The van der Waals surface area contributed by atoms with Gasteiger partial charge in [0.1, 0.15) is 12.7 Å². The summed E-state index contributed by atoms with van der Waals surface area (Å²) >= 11 is 0. The molecule has 3 aliphatic rings. The number of aryl methyl sites for hydroxylation is 2. The first-order valence-corrected chi connectivity index (χ1v) is 12.9. The molecule has 2 aromatic rings. The standard InChI is InChI=1S/C24H29N3O5S/c28-24(25-15-20-17-31-22-6-1-2-7-23(22)32-20)16-26-10-12-27(13-11-26)33(29,30)21-9-8-18-4-3-5-19(18)14-21/h1-2,6-9,14,20H,3-5,10-13,15-17H2,(H,25,28). The van der Waals surface area contributed by atoms with E-state index in [-0.39, 0.29) is 18.6 Å². The lowest BCUT2D eigenvalue weighted by molar-refractivity contribution is -0.123. The Hall–Kier alpha value is -2.62. The van der Waals surface area contributed by atoms with Gasteiger partial charge in [-0.2, -0.15) is 4.31 Å². The average molecular weight is 472 g/mol. The summed E-state index contributed by atoms with van der Waals surface area (Å²) in [5.74, 6) is 1.30. The first-order chi connectivity index (χ1) is 16.0. The highest BCUT2D eigenvalue weighted by molar-refractivity contribution is 7.89. The van der Waals surface area contributed by atoms with Crippen molar-refractivity contribution in [1.82, 2.24) is 14.5 Å². The van der Waals surface area contributed by atoms with Gasteiger partial charge in [-0.3, -0.25) is 9.69 Å². The highest BCUT2D eigenvalue weighted by Gasteiger charge is 2.30. The quantitative estimate of drug-likeness (QED) is 0.686. The summed E-state index contributed by atoms with van der Waals surface area (Å²) in [5.41, 5.74) is 2.42. The molecule has 1 saturated heterocycles. The van der Waals surface area contributed by atoms with Gasteiger partial charge in [0.2, 0.25) is 15.9 Å². The van der Waals surface area contributed by atoms with E-state index in [0.717, 1.165) is 24.8 Å². The van der Waals surface area contributed by atoms with Crippen LogP contribution in [-0.2, 0) is 27.7 Å². The van der Waals surface area contributed by atoms with Gasteiger partial charge in [-0.15, -0.1) is 0 Å². The first kappa shape index (κ1) is 22.2. The minimum absolute atomic E-state index is 0.104. The Morgan fingerprint density at radius 1 is 1.00 bits per heavy atom. The van der Waals surface area contributed by atoms with Gasteiger partial charge >= 0.3 is 0 Å². The molecule has 2 aromatic carbocycles. The number of carbonyl (C=O) groups is 1. The number of hydrogen-bond acceptors (Lipinski definition) is 6. The molecular weight excluding hydrogens is 442 g/mol. The van der Waals surface area contributed by atoms with Crippen molar-refractivity contribution >= 4 is 15.9 Å². The maximum Gasteiger partial charge on any atom is 0.243 e. The molecular formula is C24H29N3O5S. The number of amides is 1. The molecule has 33 heavy (non-hydrogen) atoms. The molecule has 0 saturated carbocycles. The number of nitrogens with zero attached hydrogens (tertiary/aromatic N) is 2. The molecule has 8 nitrogen and oxygen atoms in total. The number of rotatable bonds is 6. The fraction of sp³-hybridized carbons (Fsp3) is 0.458. The topological polar surface area (TPSA) is 88.2 Å². The maximum atomic E-state index is 13.1. The third kappa shape index (κ3) is 4.85. The van der Waals surface area contributed by atoms with Gasteiger partial charge < -0.3 is 14.8 Å². The molecule has 176 valence electrons. The average Bonchev–Trinajstić information content (AvgIpc) is 3.31. The first-order valence-electron chi connectivity index (χ1n) is 11.5. The van der Waals surface area contributed by atoms with Gasteiger partial charge in [0.15, 0.2) is 11.5 Å². The number of nitrogens with one attached hydrogen (secondary N) is 1. The zero-order chi connectivity index (χ0) is 22.8. The Morgan fingerprint density at radius 2 is 1.76 bits per heavy atom. The van der Waals surface area contributed by atoms with E-state index in [2.05, 4.69) is 5.32 Å². The molecule has 1 fully saturated rings. The lowest BCUT2D eigenvalue weighted by Gasteiger charge is -2.33. The minimum atomic E-state index is -3.51. The number of carbonyl (C=O) groups excluding carboxylic acids is 1. The molecule has 1 amide bonds. The molecule has 1 atom stereocenters. The summed E-state index contributed by atoms with van der Waals surface area (Å²) < 4.78 is 39.2. The number of benzene rings is 2. The second-order valence-electron chi connectivity index (χ2n) is 8.77. The van der Waals surface area contributed by atoms with E-state index in [1.807, 2.05) is 41.3 Å². The maximum absolute atomic E-state index is 13.1. The SMILES string of the molecule is O=C(CN1CCN(S(=O)(=O)c2ccc3c(c2)CCC3)CC1)NCC1COc2ccccc2O1. The van der Waals surface area contributed by atoms with Crippen LogP contribution in [0.15, 0.2) is 47.4 Å². The van der Waals surface area contributed by atoms with E-state index in [0.29, 0.717) is 55.7 Å². The monoisotopic (exact) mass is 471 g/mol. The Balaban J connectivity index is 1.09. The summed E-state index contributed by atoms with van der Waals surface area (Å²) in [5, 5.41) is 2.90. The molecule has 1 aliphatic carbocycles. The van der Waals surface area contributed by atoms with Crippen LogP contribution in [0.4, 0.5) is 0 Å².